The van der Waals surface area contributed by atoms with Gasteiger partial charge in [-0.2, -0.15) is 0 Å². The van der Waals surface area contributed by atoms with E-state index in [2.05, 4.69) is 60.9 Å². The molecule has 0 N–H and O–H groups in total. The lowest BCUT2D eigenvalue weighted by Gasteiger charge is -1.98. The van der Waals surface area contributed by atoms with Crippen LogP contribution in [0.15, 0.2) is 26.3 Å². The van der Waals surface area contributed by atoms with Gasteiger partial charge >= 0.3 is 0 Å². The fourth-order valence-corrected chi connectivity index (χ4v) is 0.289. The van der Waals surface area contributed by atoms with Gasteiger partial charge in [0.1, 0.15) is 0 Å². The molecule has 0 aliphatic rings. The van der Waals surface area contributed by atoms with Gasteiger partial charge in [-0.15, -0.1) is 26.3 Å². The molecule has 0 heteroatoms. The van der Waals surface area contributed by atoms with Crippen LogP contribution in [0.3, 0.4) is 0 Å². The van der Waals surface area contributed by atoms with Crippen molar-refractivity contribution in [1.82, 2.24) is 0 Å². The maximum absolute atomic E-state index is 3.00. The van der Waals surface area contributed by atoms with Crippen molar-refractivity contribution in [1.29, 1.82) is 0 Å². The van der Waals surface area contributed by atoms with Gasteiger partial charge in [-0.05, 0) is 5.92 Å². The van der Waals surface area contributed by atoms with Gasteiger partial charge in [0.25, 0.3) is 0 Å². The third-order valence-corrected chi connectivity index (χ3v) is 1.39. The molecule has 0 aliphatic carbocycles. The van der Waals surface area contributed by atoms with E-state index in [0.717, 1.165) is 5.92 Å². The van der Waals surface area contributed by atoms with E-state index in [0.29, 0.717) is 0 Å². The summed E-state index contributed by atoms with van der Waals surface area (Å²) in [7, 11) is 0. The van der Waals surface area contributed by atoms with Crippen LogP contribution in [0, 0.1) is 5.92 Å². The summed E-state index contributed by atoms with van der Waals surface area (Å²) in [6.07, 6.45) is 3.91. The topological polar surface area (TPSA) is 0 Å². The summed E-state index contributed by atoms with van der Waals surface area (Å²) in [5.41, 5.74) is 0. The van der Waals surface area contributed by atoms with Crippen LogP contribution >= 0.6 is 0 Å². The standard InChI is InChI=1S/C6H14.C3H8.3C2H6.2C2H4/c1-4-6(3)5-2;1-3-2;5*1-2/h6H,4-5H2,1-3H3;3H2,1-2H3;3*1-2H3;2*1-2H2. The van der Waals surface area contributed by atoms with Crippen LogP contribution in [0.4, 0.5) is 0 Å². The van der Waals surface area contributed by atoms with Gasteiger partial charge < -0.3 is 0 Å². The Morgan fingerprint density at radius 1 is 0.579 bits per heavy atom. The number of hydrogen-bond donors (Lipinski definition) is 0. The van der Waals surface area contributed by atoms with Gasteiger partial charge in [0.15, 0.2) is 0 Å². The zero-order valence-electron chi connectivity index (χ0n) is 16.5. The molecule has 0 atom stereocenters. The Morgan fingerprint density at radius 3 is 0.684 bits per heavy atom. The third kappa shape index (κ3) is 346. The number of rotatable bonds is 2. The van der Waals surface area contributed by atoms with Gasteiger partial charge in [0.05, 0.1) is 0 Å². The first-order valence-electron chi connectivity index (χ1n) is 8.22. The molecule has 0 aliphatic heterocycles. The van der Waals surface area contributed by atoms with Crippen LogP contribution in [-0.4, -0.2) is 0 Å². The predicted octanol–water partition coefficient (Wildman–Crippen LogP) is 8.54. The Balaban J connectivity index is -0.0000000193. The molecule has 0 amide bonds. The largest absolute Gasteiger partial charge is 0.106 e. The van der Waals surface area contributed by atoms with Crippen LogP contribution in [0.2, 0.25) is 0 Å². The van der Waals surface area contributed by atoms with E-state index < -0.39 is 0 Å². The molecule has 0 aromatic heterocycles. The van der Waals surface area contributed by atoms with Crippen molar-refractivity contribution in [3.05, 3.63) is 26.3 Å². The molecule has 0 bridgehead atoms. The Labute approximate surface area is 128 Å². The number of hydrogen-bond acceptors (Lipinski definition) is 0. The molecule has 0 aromatic rings. The first-order valence-corrected chi connectivity index (χ1v) is 8.22. The summed E-state index contributed by atoms with van der Waals surface area (Å²) in [6.45, 7) is 35.0. The summed E-state index contributed by atoms with van der Waals surface area (Å²) >= 11 is 0. The highest BCUT2D eigenvalue weighted by molar-refractivity contribution is 4.41. The van der Waals surface area contributed by atoms with Crippen molar-refractivity contribution in [3.8, 4) is 0 Å². The molecule has 124 valence electrons. The van der Waals surface area contributed by atoms with Crippen LogP contribution in [0.1, 0.15) is 95.4 Å². The third-order valence-electron chi connectivity index (χ3n) is 1.39. The minimum Gasteiger partial charge on any atom is -0.106 e. The lowest BCUT2D eigenvalue weighted by molar-refractivity contribution is 0.544. The maximum atomic E-state index is 3.00. The highest BCUT2D eigenvalue weighted by Crippen LogP contribution is 2.02. The van der Waals surface area contributed by atoms with Crippen LogP contribution in [-0.2, 0) is 0 Å². The van der Waals surface area contributed by atoms with Crippen LogP contribution < -0.4 is 0 Å². The maximum Gasteiger partial charge on any atom is -0.0448 e. The van der Waals surface area contributed by atoms with E-state index >= 15 is 0 Å². The highest BCUT2D eigenvalue weighted by Gasteiger charge is 1.88. The second kappa shape index (κ2) is 158. The Morgan fingerprint density at radius 2 is 0.684 bits per heavy atom. The average Bonchev–Trinajstić information content (AvgIpc) is 2.57. The normalized spacial score (nSPS) is 5.47. The molecule has 0 unspecified atom stereocenters. The monoisotopic (exact) mass is 276 g/mol. The van der Waals surface area contributed by atoms with E-state index in [1.54, 1.807) is 0 Å². The zero-order chi connectivity index (χ0) is 17.7. The first-order chi connectivity index (χ1) is 9.22. The quantitative estimate of drug-likeness (QED) is 0.443. The van der Waals surface area contributed by atoms with Crippen LogP contribution in [0.25, 0.3) is 0 Å². The lowest BCUT2D eigenvalue weighted by Crippen LogP contribution is -1.85. The lowest BCUT2D eigenvalue weighted by atomic mass is 10.1. The van der Waals surface area contributed by atoms with Crippen molar-refractivity contribution in [2.75, 3.05) is 0 Å². The summed E-state index contributed by atoms with van der Waals surface area (Å²) in [4.78, 5) is 0. The molecule has 0 radical (unpaired) electrons. The molecular formula is C19H48. The summed E-state index contributed by atoms with van der Waals surface area (Å²) < 4.78 is 0. The van der Waals surface area contributed by atoms with E-state index in [-0.39, 0.29) is 0 Å². The van der Waals surface area contributed by atoms with E-state index in [1.165, 1.54) is 19.3 Å². The molecule has 0 aromatic carbocycles. The van der Waals surface area contributed by atoms with Crippen LogP contribution in [0.5, 0.6) is 0 Å². The second-order valence-corrected chi connectivity index (χ2v) is 2.63. The second-order valence-electron chi connectivity index (χ2n) is 2.63. The van der Waals surface area contributed by atoms with Crippen molar-refractivity contribution in [2.45, 2.75) is 95.4 Å². The molecule has 0 saturated heterocycles. The van der Waals surface area contributed by atoms with E-state index in [1.807, 2.05) is 41.5 Å². The van der Waals surface area contributed by atoms with Crippen molar-refractivity contribution in [3.63, 3.8) is 0 Å². The minimum absolute atomic E-state index is 0.935. The highest BCUT2D eigenvalue weighted by atomic mass is 13.9. The van der Waals surface area contributed by atoms with Crippen molar-refractivity contribution in [2.24, 2.45) is 5.92 Å². The Hall–Kier alpha value is -0.520. The smallest absolute Gasteiger partial charge is 0.0448 e. The average molecular weight is 277 g/mol. The zero-order valence-corrected chi connectivity index (χ0v) is 16.5. The van der Waals surface area contributed by atoms with Gasteiger partial charge in [-0.1, -0.05) is 95.4 Å². The molecule has 0 nitrogen and oxygen atoms in total. The molecule has 19 heavy (non-hydrogen) atoms. The molecule has 0 saturated carbocycles. The predicted molar refractivity (Wildman–Crippen MR) is 102 cm³/mol. The van der Waals surface area contributed by atoms with Gasteiger partial charge in [0.2, 0.25) is 0 Å². The molecular weight excluding hydrogens is 228 g/mol. The fourth-order valence-electron chi connectivity index (χ4n) is 0.289. The van der Waals surface area contributed by atoms with Crippen molar-refractivity contribution < 1.29 is 0 Å². The van der Waals surface area contributed by atoms with E-state index in [9.17, 15) is 0 Å². The molecule has 0 rings (SSSR count). The Bertz CT molecular complexity index is 42.0. The van der Waals surface area contributed by atoms with Gasteiger partial charge in [0, 0.05) is 0 Å². The summed E-state index contributed by atoms with van der Waals surface area (Å²) in [5, 5.41) is 0. The molecule has 0 fully saturated rings. The Kier molecular flexibility index (Phi) is 356. The van der Waals surface area contributed by atoms with Gasteiger partial charge in [-0.25, -0.2) is 0 Å². The molecule has 0 spiro atoms. The summed E-state index contributed by atoms with van der Waals surface area (Å²) in [5.74, 6) is 0.935. The fraction of sp³-hybridized carbons (Fsp3) is 0.789. The minimum atomic E-state index is 0.935. The van der Waals surface area contributed by atoms with Gasteiger partial charge in [-0.3, -0.25) is 0 Å². The first kappa shape index (κ1) is 42.8. The summed E-state index contributed by atoms with van der Waals surface area (Å²) in [6, 6.07) is 0. The van der Waals surface area contributed by atoms with Crippen molar-refractivity contribution >= 4 is 0 Å². The van der Waals surface area contributed by atoms with E-state index in [4.69, 9.17) is 0 Å². The SMILES string of the molecule is C=C.C=C.CC.CC.CC.CCC.CCC(C)CC. The molecule has 0 heterocycles.